The minimum absolute atomic E-state index is 0. The molecule has 1 atom stereocenters. The lowest BCUT2D eigenvalue weighted by molar-refractivity contribution is 0.110. The van der Waals surface area contributed by atoms with E-state index in [9.17, 15) is 0 Å². The molecule has 0 saturated carbocycles. The monoisotopic (exact) mass is 270 g/mol. The van der Waals surface area contributed by atoms with Crippen LogP contribution in [0.5, 0.6) is 0 Å². The molecule has 18 heavy (non-hydrogen) atoms. The predicted molar refractivity (Wildman–Crippen MR) is 76.0 cm³/mol. The average molecular weight is 271 g/mol. The molecular formula is C14H23ClN2O. The number of hydrogen-bond donors (Lipinski definition) is 1. The predicted octanol–water partition coefficient (Wildman–Crippen LogP) is 2.80. The minimum Gasteiger partial charge on any atom is -0.375 e. The summed E-state index contributed by atoms with van der Waals surface area (Å²) in [4.78, 5) is 4.23. The van der Waals surface area contributed by atoms with Crippen LogP contribution in [0.4, 0.5) is 0 Å². The quantitative estimate of drug-likeness (QED) is 0.807. The van der Waals surface area contributed by atoms with E-state index in [1.165, 1.54) is 38.8 Å². The first kappa shape index (κ1) is 15.4. The fourth-order valence-corrected chi connectivity index (χ4v) is 2.30. The second kappa shape index (κ2) is 9.31. The van der Waals surface area contributed by atoms with E-state index in [1.807, 2.05) is 24.4 Å². The van der Waals surface area contributed by atoms with Gasteiger partial charge in [-0.3, -0.25) is 4.98 Å². The Kier molecular flexibility index (Phi) is 7.98. The van der Waals surface area contributed by atoms with Gasteiger partial charge in [0.1, 0.15) is 0 Å². The van der Waals surface area contributed by atoms with Crippen molar-refractivity contribution in [2.24, 2.45) is 5.92 Å². The van der Waals surface area contributed by atoms with E-state index < -0.39 is 0 Å². The summed E-state index contributed by atoms with van der Waals surface area (Å²) in [5.41, 5.74) is 1.02. The van der Waals surface area contributed by atoms with Crippen molar-refractivity contribution in [1.29, 1.82) is 0 Å². The third-order valence-corrected chi connectivity index (χ3v) is 3.28. The van der Waals surface area contributed by atoms with Gasteiger partial charge in [0, 0.05) is 12.8 Å². The van der Waals surface area contributed by atoms with Crippen LogP contribution in [0.3, 0.4) is 0 Å². The molecule has 102 valence electrons. The third-order valence-electron chi connectivity index (χ3n) is 3.28. The fourth-order valence-electron chi connectivity index (χ4n) is 2.30. The molecule has 0 aliphatic carbocycles. The lowest BCUT2D eigenvalue weighted by Crippen LogP contribution is -2.29. The van der Waals surface area contributed by atoms with Gasteiger partial charge in [-0.25, -0.2) is 0 Å². The number of nitrogens with zero attached hydrogens (tertiary/aromatic N) is 1. The summed E-state index contributed by atoms with van der Waals surface area (Å²) < 4.78 is 5.63. The Labute approximate surface area is 116 Å². The van der Waals surface area contributed by atoms with Gasteiger partial charge in [0.05, 0.1) is 12.3 Å². The molecule has 3 nitrogen and oxygen atoms in total. The van der Waals surface area contributed by atoms with E-state index in [0.717, 1.165) is 18.2 Å². The number of hydrogen-bond acceptors (Lipinski definition) is 3. The van der Waals surface area contributed by atoms with Crippen molar-refractivity contribution in [3.63, 3.8) is 0 Å². The summed E-state index contributed by atoms with van der Waals surface area (Å²) in [6, 6.07) is 5.93. The van der Waals surface area contributed by atoms with E-state index in [1.54, 1.807) is 0 Å². The average Bonchev–Trinajstić information content (AvgIpc) is 2.41. The van der Waals surface area contributed by atoms with E-state index in [-0.39, 0.29) is 12.4 Å². The summed E-state index contributed by atoms with van der Waals surface area (Å²) in [5.74, 6) is 0.863. The van der Waals surface area contributed by atoms with Crippen molar-refractivity contribution < 1.29 is 4.74 Å². The number of ether oxygens (including phenoxy) is 1. The third kappa shape index (κ3) is 5.80. The van der Waals surface area contributed by atoms with Gasteiger partial charge in [-0.1, -0.05) is 6.07 Å². The summed E-state index contributed by atoms with van der Waals surface area (Å²) >= 11 is 0. The highest BCUT2D eigenvalue weighted by Crippen LogP contribution is 2.15. The van der Waals surface area contributed by atoms with Crippen molar-refractivity contribution >= 4 is 12.4 Å². The summed E-state index contributed by atoms with van der Waals surface area (Å²) in [6.45, 7) is 3.89. The van der Waals surface area contributed by atoms with E-state index in [4.69, 9.17) is 4.74 Å². The maximum atomic E-state index is 5.63. The van der Waals surface area contributed by atoms with Crippen molar-refractivity contribution in [3.8, 4) is 0 Å². The van der Waals surface area contributed by atoms with Crippen LogP contribution in [-0.4, -0.2) is 24.7 Å². The number of piperidine rings is 1. The molecule has 4 heteroatoms. The van der Waals surface area contributed by atoms with E-state index in [2.05, 4.69) is 10.3 Å². The highest BCUT2D eigenvalue weighted by atomic mass is 35.5. The first-order chi connectivity index (χ1) is 8.45. The number of aromatic nitrogens is 1. The van der Waals surface area contributed by atoms with Crippen LogP contribution in [-0.2, 0) is 11.3 Å². The van der Waals surface area contributed by atoms with Crippen LogP contribution < -0.4 is 5.32 Å². The first-order valence-corrected chi connectivity index (χ1v) is 6.63. The van der Waals surface area contributed by atoms with Crippen molar-refractivity contribution in [1.82, 2.24) is 10.3 Å². The number of rotatable bonds is 6. The van der Waals surface area contributed by atoms with Gasteiger partial charge in [-0.2, -0.15) is 0 Å². The molecule has 1 fully saturated rings. The van der Waals surface area contributed by atoms with Gasteiger partial charge in [-0.15, -0.1) is 12.4 Å². The molecule has 0 radical (unpaired) electrons. The molecule has 1 aromatic heterocycles. The molecule has 2 rings (SSSR count). The molecule has 1 aromatic rings. The minimum atomic E-state index is 0. The fraction of sp³-hybridized carbons (Fsp3) is 0.643. The maximum Gasteiger partial charge on any atom is 0.0887 e. The van der Waals surface area contributed by atoms with Crippen LogP contribution in [0.25, 0.3) is 0 Å². The molecule has 1 N–H and O–H groups in total. The van der Waals surface area contributed by atoms with Gasteiger partial charge in [0.2, 0.25) is 0 Å². The van der Waals surface area contributed by atoms with Gasteiger partial charge >= 0.3 is 0 Å². The van der Waals surface area contributed by atoms with Gasteiger partial charge in [0.15, 0.2) is 0 Å². The SMILES string of the molecule is Cl.c1ccc(COCCCC2CCCNC2)nc1. The molecule has 1 aliphatic rings. The molecule has 1 aliphatic heterocycles. The Balaban J connectivity index is 0.00000162. The second-order valence-electron chi connectivity index (χ2n) is 4.73. The summed E-state index contributed by atoms with van der Waals surface area (Å²) in [5, 5.41) is 3.45. The molecule has 1 saturated heterocycles. The Morgan fingerprint density at radius 1 is 1.39 bits per heavy atom. The second-order valence-corrected chi connectivity index (χ2v) is 4.73. The van der Waals surface area contributed by atoms with Crippen LogP contribution >= 0.6 is 12.4 Å². The standard InChI is InChI=1S/C14H22N2O.ClH/c1-2-9-16-14(7-1)12-17-10-4-6-13-5-3-8-15-11-13;/h1-2,7,9,13,15H,3-6,8,10-12H2;1H. The molecule has 0 aromatic carbocycles. The summed E-state index contributed by atoms with van der Waals surface area (Å²) in [6.07, 6.45) is 6.98. The zero-order valence-electron chi connectivity index (χ0n) is 10.8. The van der Waals surface area contributed by atoms with Crippen molar-refractivity contribution in [2.45, 2.75) is 32.3 Å². The highest BCUT2D eigenvalue weighted by molar-refractivity contribution is 5.85. The smallest absolute Gasteiger partial charge is 0.0887 e. The topological polar surface area (TPSA) is 34.1 Å². The zero-order chi connectivity index (χ0) is 11.8. The van der Waals surface area contributed by atoms with Crippen LogP contribution in [0.15, 0.2) is 24.4 Å². The maximum absolute atomic E-state index is 5.63. The Hall–Kier alpha value is -0.640. The molecule has 0 bridgehead atoms. The molecule has 2 heterocycles. The molecule has 0 spiro atoms. The molecule has 0 amide bonds. The van der Waals surface area contributed by atoms with Crippen LogP contribution in [0.1, 0.15) is 31.4 Å². The van der Waals surface area contributed by atoms with Crippen molar-refractivity contribution in [2.75, 3.05) is 19.7 Å². The van der Waals surface area contributed by atoms with E-state index in [0.29, 0.717) is 6.61 Å². The van der Waals surface area contributed by atoms with E-state index >= 15 is 0 Å². The first-order valence-electron chi connectivity index (χ1n) is 6.63. The number of halogens is 1. The van der Waals surface area contributed by atoms with Gasteiger partial charge < -0.3 is 10.1 Å². The highest BCUT2D eigenvalue weighted by Gasteiger charge is 2.11. The largest absolute Gasteiger partial charge is 0.375 e. The summed E-state index contributed by atoms with van der Waals surface area (Å²) in [7, 11) is 0. The van der Waals surface area contributed by atoms with Crippen LogP contribution in [0, 0.1) is 5.92 Å². The van der Waals surface area contributed by atoms with Gasteiger partial charge in [0.25, 0.3) is 0 Å². The Morgan fingerprint density at radius 2 is 2.33 bits per heavy atom. The van der Waals surface area contributed by atoms with Crippen molar-refractivity contribution in [3.05, 3.63) is 30.1 Å². The number of pyridine rings is 1. The lowest BCUT2D eigenvalue weighted by atomic mass is 9.95. The van der Waals surface area contributed by atoms with Gasteiger partial charge in [-0.05, 0) is 56.8 Å². The number of nitrogens with one attached hydrogen (secondary N) is 1. The zero-order valence-corrected chi connectivity index (χ0v) is 11.6. The van der Waals surface area contributed by atoms with Crippen LogP contribution in [0.2, 0.25) is 0 Å². The Bertz CT molecular complexity index is 302. The lowest BCUT2D eigenvalue weighted by Gasteiger charge is -2.22. The normalized spacial score (nSPS) is 19.2. The molecular weight excluding hydrogens is 248 g/mol. The Morgan fingerprint density at radius 3 is 3.06 bits per heavy atom. The molecule has 1 unspecified atom stereocenters.